The Kier molecular flexibility index (Phi) is 2.60. The SMILES string of the molecule is CCNCc1nnc(C2CC2C)s1. The molecule has 2 rings (SSSR count). The highest BCUT2D eigenvalue weighted by Gasteiger charge is 2.36. The molecule has 0 saturated heterocycles. The largest absolute Gasteiger partial charge is 0.311 e. The normalized spacial score (nSPS) is 26.3. The number of hydrogen-bond acceptors (Lipinski definition) is 4. The van der Waals surface area contributed by atoms with Crippen molar-refractivity contribution < 1.29 is 0 Å². The first-order chi connectivity index (χ1) is 6.31. The van der Waals surface area contributed by atoms with Gasteiger partial charge in [-0.3, -0.25) is 0 Å². The van der Waals surface area contributed by atoms with Crippen LogP contribution in [0.5, 0.6) is 0 Å². The summed E-state index contributed by atoms with van der Waals surface area (Å²) in [6.45, 7) is 6.24. The highest BCUT2D eigenvalue weighted by atomic mass is 32.1. The summed E-state index contributed by atoms with van der Waals surface area (Å²) < 4.78 is 0. The van der Waals surface area contributed by atoms with E-state index in [0.717, 1.165) is 24.0 Å². The van der Waals surface area contributed by atoms with Crippen LogP contribution in [0, 0.1) is 5.92 Å². The van der Waals surface area contributed by atoms with E-state index in [2.05, 4.69) is 29.4 Å². The highest BCUT2D eigenvalue weighted by Crippen LogP contribution is 2.47. The second-order valence-corrected chi connectivity index (χ2v) is 4.73. The fourth-order valence-electron chi connectivity index (χ4n) is 1.39. The first-order valence-corrected chi connectivity index (χ1v) is 5.66. The number of aromatic nitrogens is 2. The quantitative estimate of drug-likeness (QED) is 0.799. The number of nitrogens with one attached hydrogen (secondary N) is 1. The van der Waals surface area contributed by atoms with E-state index >= 15 is 0 Å². The Hall–Kier alpha value is -0.480. The molecule has 0 radical (unpaired) electrons. The predicted molar refractivity (Wildman–Crippen MR) is 53.8 cm³/mol. The summed E-state index contributed by atoms with van der Waals surface area (Å²) >= 11 is 1.76. The van der Waals surface area contributed by atoms with Crippen molar-refractivity contribution in [2.75, 3.05) is 6.54 Å². The summed E-state index contributed by atoms with van der Waals surface area (Å²) in [6.07, 6.45) is 1.30. The third kappa shape index (κ3) is 2.06. The molecule has 0 bridgehead atoms. The number of hydrogen-bond donors (Lipinski definition) is 1. The van der Waals surface area contributed by atoms with Gasteiger partial charge in [0.25, 0.3) is 0 Å². The van der Waals surface area contributed by atoms with Gasteiger partial charge < -0.3 is 5.32 Å². The fraction of sp³-hybridized carbons (Fsp3) is 0.778. The Morgan fingerprint density at radius 2 is 2.31 bits per heavy atom. The molecule has 2 unspecified atom stereocenters. The molecule has 1 heterocycles. The van der Waals surface area contributed by atoms with Crippen molar-refractivity contribution in [2.24, 2.45) is 5.92 Å². The first-order valence-electron chi connectivity index (χ1n) is 4.84. The molecular formula is C9H15N3S. The Morgan fingerprint density at radius 1 is 1.54 bits per heavy atom. The van der Waals surface area contributed by atoms with Crippen molar-refractivity contribution in [2.45, 2.75) is 32.7 Å². The molecule has 1 aromatic rings. The second kappa shape index (κ2) is 3.72. The van der Waals surface area contributed by atoms with E-state index in [1.807, 2.05) is 0 Å². The van der Waals surface area contributed by atoms with E-state index in [4.69, 9.17) is 0 Å². The Balaban J connectivity index is 1.94. The third-order valence-corrected chi connectivity index (χ3v) is 3.49. The van der Waals surface area contributed by atoms with Gasteiger partial charge in [-0.05, 0) is 18.9 Å². The van der Waals surface area contributed by atoms with Crippen LogP contribution in [0.2, 0.25) is 0 Å². The second-order valence-electron chi connectivity index (χ2n) is 3.63. The van der Waals surface area contributed by atoms with E-state index in [1.54, 1.807) is 11.3 Å². The minimum Gasteiger partial charge on any atom is -0.311 e. The molecular weight excluding hydrogens is 182 g/mol. The Morgan fingerprint density at radius 3 is 2.92 bits per heavy atom. The molecule has 1 aromatic heterocycles. The fourth-order valence-corrected chi connectivity index (χ4v) is 2.44. The van der Waals surface area contributed by atoms with Crippen LogP contribution in [0.1, 0.15) is 36.2 Å². The Bertz CT molecular complexity index is 284. The molecule has 72 valence electrons. The van der Waals surface area contributed by atoms with Gasteiger partial charge in [-0.15, -0.1) is 10.2 Å². The molecule has 1 fully saturated rings. The molecule has 0 spiro atoms. The van der Waals surface area contributed by atoms with Crippen LogP contribution < -0.4 is 5.32 Å². The molecule has 13 heavy (non-hydrogen) atoms. The van der Waals surface area contributed by atoms with Crippen molar-refractivity contribution in [1.82, 2.24) is 15.5 Å². The molecule has 2 atom stereocenters. The topological polar surface area (TPSA) is 37.8 Å². The molecule has 1 N–H and O–H groups in total. The molecule has 0 amide bonds. The zero-order valence-corrected chi connectivity index (χ0v) is 8.90. The van der Waals surface area contributed by atoms with Crippen molar-refractivity contribution in [3.05, 3.63) is 10.0 Å². The summed E-state index contributed by atoms with van der Waals surface area (Å²) in [4.78, 5) is 0. The van der Waals surface area contributed by atoms with Gasteiger partial charge in [0, 0.05) is 12.5 Å². The average molecular weight is 197 g/mol. The number of nitrogens with zero attached hydrogens (tertiary/aromatic N) is 2. The van der Waals surface area contributed by atoms with Crippen LogP contribution in [-0.4, -0.2) is 16.7 Å². The monoisotopic (exact) mass is 197 g/mol. The van der Waals surface area contributed by atoms with Crippen LogP contribution in [0.15, 0.2) is 0 Å². The minimum absolute atomic E-state index is 0.716. The molecule has 4 heteroatoms. The molecule has 1 aliphatic rings. The van der Waals surface area contributed by atoms with E-state index in [1.165, 1.54) is 11.4 Å². The van der Waals surface area contributed by atoms with Gasteiger partial charge in [-0.1, -0.05) is 25.2 Å². The van der Waals surface area contributed by atoms with Gasteiger partial charge in [0.15, 0.2) is 0 Å². The van der Waals surface area contributed by atoms with Gasteiger partial charge in [0.05, 0.1) is 0 Å². The van der Waals surface area contributed by atoms with Crippen LogP contribution in [0.4, 0.5) is 0 Å². The minimum atomic E-state index is 0.716. The summed E-state index contributed by atoms with van der Waals surface area (Å²) in [6, 6.07) is 0. The lowest BCUT2D eigenvalue weighted by atomic mass is 10.4. The predicted octanol–water partition coefficient (Wildman–Crippen LogP) is 1.77. The van der Waals surface area contributed by atoms with Crippen molar-refractivity contribution in [3.8, 4) is 0 Å². The molecule has 0 aromatic carbocycles. The van der Waals surface area contributed by atoms with Gasteiger partial charge in [-0.2, -0.15) is 0 Å². The molecule has 1 aliphatic carbocycles. The maximum absolute atomic E-state index is 4.21. The summed E-state index contributed by atoms with van der Waals surface area (Å²) in [5.74, 6) is 1.55. The van der Waals surface area contributed by atoms with Gasteiger partial charge >= 0.3 is 0 Å². The Labute approximate surface area is 82.6 Å². The first kappa shape index (κ1) is 9.09. The van der Waals surface area contributed by atoms with Gasteiger partial charge in [-0.25, -0.2) is 0 Å². The van der Waals surface area contributed by atoms with Crippen LogP contribution >= 0.6 is 11.3 Å². The third-order valence-electron chi connectivity index (χ3n) is 2.44. The summed E-state index contributed by atoms with van der Waals surface area (Å²) in [7, 11) is 0. The zero-order chi connectivity index (χ0) is 9.26. The average Bonchev–Trinajstić information content (AvgIpc) is 2.67. The van der Waals surface area contributed by atoms with E-state index in [0.29, 0.717) is 5.92 Å². The van der Waals surface area contributed by atoms with E-state index in [9.17, 15) is 0 Å². The molecule has 1 saturated carbocycles. The van der Waals surface area contributed by atoms with Gasteiger partial charge in [0.1, 0.15) is 10.0 Å². The van der Waals surface area contributed by atoms with Crippen LogP contribution in [-0.2, 0) is 6.54 Å². The van der Waals surface area contributed by atoms with Crippen molar-refractivity contribution in [1.29, 1.82) is 0 Å². The van der Waals surface area contributed by atoms with E-state index in [-0.39, 0.29) is 0 Å². The van der Waals surface area contributed by atoms with Crippen LogP contribution in [0.25, 0.3) is 0 Å². The molecule has 3 nitrogen and oxygen atoms in total. The molecule has 0 aliphatic heterocycles. The van der Waals surface area contributed by atoms with Crippen LogP contribution in [0.3, 0.4) is 0 Å². The standard InChI is InChI=1S/C9H15N3S/c1-3-10-5-8-11-12-9(13-8)7-4-6(7)2/h6-7,10H,3-5H2,1-2H3. The van der Waals surface area contributed by atoms with Gasteiger partial charge in [0.2, 0.25) is 0 Å². The maximum Gasteiger partial charge on any atom is 0.131 e. The summed E-state index contributed by atoms with van der Waals surface area (Å²) in [5.41, 5.74) is 0. The maximum atomic E-state index is 4.21. The number of rotatable bonds is 4. The van der Waals surface area contributed by atoms with Crippen molar-refractivity contribution in [3.63, 3.8) is 0 Å². The highest BCUT2D eigenvalue weighted by molar-refractivity contribution is 7.11. The smallest absolute Gasteiger partial charge is 0.131 e. The van der Waals surface area contributed by atoms with E-state index < -0.39 is 0 Å². The lowest BCUT2D eigenvalue weighted by Crippen LogP contribution is -2.11. The lowest BCUT2D eigenvalue weighted by Gasteiger charge is -1.93. The lowest BCUT2D eigenvalue weighted by molar-refractivity contribution is 0.713. The zero-order valence-electron chi connectivity index (χ0n) is 8.08. The van der Waals surface area contributed by atoms with Crippen molar-refractivity contribution >= 4 is 11.3 Å². The summed E-state index contributed by atoms with van der Waals surface area (Å²) in [5, 5.41) is 14.0.